The number of amides is 1. The maximum Gasteiger partial charge on any atom is 0.258 e. The fraction of sp³-hybridized carbons (Fsp3) is 0.417. The molecule has 0 unspecified atom stereocenters. The second kappa shape index (κ2) is 5.63. The largest absolute Gasteiger partial charge is 0.484 e. The van der Waals surface area contributed by atoms with Crippen molar-refractivity contribution in [3.8, 4) is 5.75 Å². The molecule has 1 aromatic rings. The van der Waals surface area contributed by atoms with E-state index < -0.39 is 5.54 Å². The van der Waals surface area contributed by atoms with Crippen molar-refractivity contribution in [1.82, 2.24) is 5.32 Å². The van der Waals surface area contributed by atoms with Gasteiger partial charge in [0.15, 0.2) is 6.61 Å². The van der Waals surface area contributed by atoms with Crippen molar-refractivity contribution < 1.29 is 19.0 Å². The summed E-state index contributed by atoms with van der Waals surface area (Å²) in [4.78, 5) is 11.4. The van der Waals surface area contributed by atoms with Gasteiger partial charge in [0.2, 0.25) is 0 Å². The SMILES string of the molecule is CC(C)(CO)NC(=O)COc1ccc(F)cc1. The lowest BCUT2D eigenvalue weighted by Gasteiger charge is -2.23. The van der Waals surface area contributed by atoms with E-state index in [1.165, 1.54) is 24.3 Å². The van der Waals surface area contributed by atoms with Crippen LogP contribution in [0.25, 0.3) is 0 Å². The van der Waals surface area contributed by atoms with E-state index in [1.54, 1.807) is 13.8 Å². The van der Waals surface area contributed by atoms with Crippen LogP contribution in [-0.2, 0) is 4.79 Å². The zero-order chi connectivity index (χ0) is 12.9. The molecule has 94 valence electrons. The van der Waals surface area contributed by atoms with Gasteiger partial charge >= 0.3 is 0 Å². The molecular weight excluding hydrogens is 225 g/mol. The molecule has 0 fully saturated rings. The number of hydrogen-bond donors (Lipinski definition) is 2. The summed E-state index contributed by atoms with van der Waals surface area (Å²) in [5.41, 5.74) is -0.677. The third-order valence-electron chi connectivity index (χ3n) is 2.06. The Labute approximate surface area is 99.4 Å². The number of aliphatic hydroxyl groups excluding tert-OH is 1. The fourth-order valence-corrected chi connectivity index (χ4v) is 1.13. The van der Waals surface area contributed by atoms with Gasteiger partial charge in [-0.3, -0.25) is 4.79 Å². The van der Waals surface area contributed by atoms with E-state index in [9.17, 15) is 9.18 Å². The van der Waals surface area contributed by atoms with Crippen LogP contribution in [0.5, 0.6) is 5.75 Å². The van der Waals surface area contributed by atoms with Gasteiger partial charge in [-0.05, 0) is 38.1 Å². The molecule has 1 rings (SSSR count). The molecule has 0 bridgehead atoms. The highest BCUT2D eigenvalue weighted by atomic mass is 19.1. The summed E-state index contributed by atoms with van der Waals surface area (Å²) in [6.45, 7) is 3.07. The number of ether oxygens (including phenoxy) is 1. The molecule has 0 radical (unpaired) electrons. The second-order valence-corrected chi connectivity index (χ2v) is 4.33. The molecule has 1 aromatic carbocycles. The van der Waals surface area contributed by atoms with E-state index in [0.717, 1.165) is 0 Å². The topological polar surface area (TPSA) is 58.6 Å². The normalized spacial score (nSPS) is 11.1. The van der Waals surface area contributed by atoms with Gasteiger partial charge in [0.1, 0.15) is 11.6 Å². The van der Waals surface area contributed by atoms with Crippen LogP contribution in [0.15, 0.2) is 24.3 Å². The van der Waals surface area contributed by atoms with Crippen LogP contribution in [0, 0.1) is 5.82 Å². The van der Waals surface area contributed by atoms with Gasteiger partial charge < -0.3 is 15.2 Å². The van der Waals surface area contributed by atoms with E-state index in [-0.39, 0.29) is 24.9 Å². The molecule has 0 saturated carbocycles. The summed E-state index contributed by atoms with van der Waals surface area (Å²) >= 11 is 0. The summed E-state index contributed by atoms with van der Waals surface area (Å²) in [6.07, 6.45) is 0. The van der Waals surface area contributed by atoms with Crippen molar-refractivity contribution in [3.63, 3.8) is 0 Å². The number of aliphatic hydroxyl groups is 1. The molecule has 0 aliphatic carbocycles. The average Bonchev–Trinajstić information content (AvgIpc) is 2.28. The van der Waals surface area contributed by atoms with Gasteiger partial charge in [0.25, 0.3) is 5.91 Å². The van der Waals surface area contributed by atoms with Crippen molar-refractivity contribution in [1.29, 1.82) is 0 Å². The molecule has 0 heterocycles. The first kappa shape index (κ1) is 13.4. The third kappa shape index (κ3) is 4.82. The molecule has 1 amide bonds. The summed E-state index contributed by atoms with van der Waals surface area (Å²) in [5, 5.41) is 11.6. The standard InChI is InChI=1S/C12H16FNO3/c1-12(2,8-15)14-11(16)7-17-10-5-3-9(13)4-6-10/h3-6,15H,7-8H2,1-2H3,(H,14,16). The highest BCUT2D eigenvalue weighted by Crippen LogP contribution is 2.10. The number of hydrogen-bond acceptors (Lipinski definition) is 3. The Kier molecular flexibility index (Phi) is 4.45. The number of carbonyl (C=O) groups is 1. The number of halogens is 1. The van der Waals surface area contributed by atoms with Gasteiger partial charge in [0.05, 0.1) is 12.1 Å². The Morgan fingerprint density at radius 2 is 2.00 bits per heavy atom. The molecule has 2 N–H and O–H groups in total. The Hall–Kier alpha value is -1.62. The van der Waals surface area contributed by atoms with E-state index in [2.05, 4.69) is 5.32 Å². The average molecular weight is 241 g/mol. The summed E-state index contributed by atoms with van der Waals surface area (Å²) in [7, 11) is 0. The zero-order valence-electron chi connectivity index (χ0n) is 9.87. The minimum Gasteiger partial charge on any atom is -0.484 e. The lowest BCUT2D eigenvalue weighted by atomic mass is 10.1. The fourth-order valence-electron chi connectivity index (χ4n) is 1.13. The summed E-state index contributed by atoms with van der Waals surface area (Å²) in [5.74, 6) is -0.278. The number of nitrogens with one attached hydrogen (secondary N) is 1. The number of rotatable bonds is 5. The quantitative estimate of drug-likeness (QED) is 0.811. The number of benzene rings is 1. The first-order valence-corrected chi connectivity index (χ1v) is 5.23. The van der Waals surface area contributed by atoms with Gasteiger partial charge in [0, 0.05) is 0 Å². The molecule has 0 spiro atoms. The van der Waals surface area contributed by atoms with Crippen LogP contribution in [-0.4, -0.2) is 29.8 Å². The molecule has 0 aliphatic rings. The van der Waals surface area contributed by atoms with Crippen molar-refractivity contribution >= 4 is 5.91 Å². The van der Waals surface area contributed by atoms with Crippen LogP contribution in [0.3, 0.4) is 0 Å². The second-order valence-electron chi connectivity index (χ2n) is 4.33. The predicted molar refractivity (Wildman–Crippen MR) is 61.2 cm³/mol. The highest BCUT2D eigenvalue weighted by molar-refractivity contribution is 5.78. The predicted octanol–water partition coefficient (Wildman–Crippen LogP) is 1.09. The van der Waals surface area contributed by atoms with E-state index >= 15 is 0 Å². The van der Waals surface area contributed by atoms with Gasteiger partial charge in [-0.2, -0.15) is 0 Å². The van der Waals surface area contributed by atoms with Crippen LogP contribution in [0.4, 0.5) is 4.39 Å². The van der Waals surface area contributed by atoms with E-state index in [1.807, 2.05) is 0 Å². The highest BCUT2D eigenvalue weighted by Gasteiger charge is 2.19. The molecule has 5 heteroatoms. The van der Waals surface area contributed by atoms with Crippen molar-refractivity contribution in [2.75, 3.05) is 13.2 Å². The summed E-state index contributed by atoms with van der Waals surface area (Å²) in [6, 6.07) is 5.40. The monoisotopic (exact) mass is 241 g/mol. The van der Waals surface area contributed by atoms with Gasteiger partial charge in [-0.15, -0.1) is 0 Å². The maximum absolute atomic E-state index is 12.6. The first-order chi connectivity index (χ1) is 7.93. The van der Waals surface area contributed by atoms with Crippen molar-refractivity contribution in [3.05, 3.63) is 30.1 Å². The van der Waals surface area contributed by atoms with Crippen LogP contribution in [0.2, 0.25) is 0 Å². The lowest BCUT2D eigenvalue weighted by molar-refractivity contribution is -0.125. The molecule has 4 nitrogen and oxygen atoms in total. The van der Waals surface area contributed by atoms with Crippen LogP contribution in [0.1, 0.15) is 13.8 Å². The molecular formula is C12H16FNO3. The van der Waals surface area contributed by atoms with Crippen molar-refractivity contribution in [2.45, 2.75) is 19.4 Å². The minimum atomic E-state index is -0.677. The smallest absolute Gasteiger partial charge is 0.258 e. The van der Waals surface area contributed by atoms with Crippen molar-refractivity contribution in [2.24, 2.45) is 0 Å². The molecule has 0 aliphatic heterocycles. The van der Waals surface area contributed by atoms with Crippen LogP contribution >= 0.6 is 0 Å². The molecule has 0 saturated heterocycles. The Morgan fingerprint density at radius 1 is 1.41 bits per heavy atom. The van der Waals surface area contributed by atoms with E-state index in [0.29, 0.717) is 5.75 Å². The zero-order valence-corrected chi connectivity index (χ0v) is 9.87. The lowest BCUT2D eigenvalue weighted by Crippen LogP contribution is -2.48. The maximum atomic E-state index is 12.6. The number of carbonyl (C=O) groups excluding carboxylic acids is 1. The first-order valence-electron chi connectivity index (χ1n) is 5.23. The van der Waals surface area contributed by atoms with Crippen LogP contribution < -0.4 is 10.1 Å². The molecule has 0 aromatic heterocycles. The van der Waals surface area contributed by atoms with Gasteiger partial charge in [-0.25, -0.2) is 4.39 Å². The van der Waals surface area contributed by atoms with Gasteiger partial charge in [-0.1, -0.05) is 0 Å². The Bertz CT molecular complexity index is 376. The molecule has 17 heavy (non-hydrogen) atoms. The minimum absolute atomic E-state index is 0.157. The molecule has 0 atom stereocenters. The Morgan fingerprint density at radius 3 is 2.53 bits per heavy atom. The third-order valence-corrected chi connectivity index (χ3v) is 2.06. The summed E-state index contributed by atoms with van der Waals surface area (Å²) < 4.78 is 17.7. The van der Waals surface area contributed by atoms with E-state index in [4.69, 9.17) is 9.84 Å². The Balaban J connectivity index is 2.41.